The number of benzene rings is 10. The van der Waals surface area contributed by atoms with E-state index in [9.17, 15) is 0 Å². The Labute approximate surface area is 389 Å². The van der Waals surface area contributed by atoms with E-state index < -0.39 is 5.41 Å². The van der Waals surface area contributed by atoms with Gasteiger partial charge in [0.1, 0.15) is 0 Å². The predicted molar refractivity (Wildman–Crippen MR) is 278 cm³/mol. The molecule has 0 aliphatic heterocycles. The van der Waals surface area contributed by atoms with Crippen LogP contribution in [0.2, 0.25) is 0 Å². The third-order valence-corrected chi connectivity index (χ3v) is 14.9. The van der Waals surface area contributed by atoms with Crippen molar-refractivity contribution >= 4 is 55.5 Å². The van der Waals surface area contributed by atoms with E-state index in [-0.39, 0.29) is 0 Å². The molecule has 0 amide bonds. The van der Waals surface area contributed by atoms with Crippen LogP contribution in [0.5, 0.6) is 0 Å². The van der Waals surface area contributed by atoms with Crippen LogP contribution in [0.4, 0.5) is 34.1 Å². The van der Waals surface area contributed by atoms with Crippen LogP contribution in [0.3, 0.4) is 0 Å². The fourth-order valence-electron chi connectivity index (χ4n) is 10.9. The van der Waals surface area contributed by atoms with Gasteiger partial charge in [0.15, 0.2) is 0 Å². The van der Waals surface area contributed by atoms with Gasteiger partial charge in [-0.15, -0.1) is 11.3 Å². The molecule has 3 heteroatoms. The normalized spacial score (nSPS) is 14.1. The summed E-state index contributed by atoms with van der Waals surface area (Å²) in [5, 5.41) is 1.31. The molecule has 10 aromatic carbocycles. The van der Waals surface area contributed by atoms with Crippen molar-refractivity contribution in [2.24, 2.45) is 0 Å². The minimum Gasteiger partial charge on any atom is -0.310 e. The average Bonchev–Trinajstić information content (AvgIpc) is 4.02. The third kappa shape index (κ3) is 5.87. The van der Waals surface area contributed by atoms with Gasteiger partial charge in [0.2, 0.25) is 0 Å². The van der Waals surface area contributed by atoms with Gasteiger partial charge in [-0.2, -0.15) is 0 Å². The van der Waals surface area contributed by atoms with Gasteiger partial charge in [-0.1, -0.05) is 182 Å². The lowest BCUT2D eigenvalue weighted by atomic mass is 9.70. The second kappa shape index (κ2) is 15.5. The van der Waals surface area contributed by atoms with Crippen LogP contribution in [0.25, 0.3) is 53.9 Å². The van der Waals surface area contributed by atoms with Crippen molar-refractivity contribution < 1.29 is 0 Å². The highest BCUT2D eigenvalue weighted by Gasteiger charge is 2.54. The van der Waals surface area contributed by atoms with Gasteiger partial charge in [-0.25, -0.2) is 0 Å². The minimum absolute atomic E-state index is 0.542. The fraction of sp³-hybridized carbons (Fsp3) is 0.0159. The van der Waals surface area contributed by atoms with E-state index in [0.717, 1.165) is 28.4 Å². The number of fused-ring (bicyclic) bond motifs is 12. The van der Waals surface area contributed by atoms with E-state index >= 15 is 0 Å². The molecule has 2 nitrogen and oxygen atoms in total. The summed E-state index contributed by atoms with van der Waals surface area (Å²) >= 11 is 1.93. The van der Waals surface area contributed by atoms with E-state index in [1.807, 2.05) is 11.3 Å². The number of hydrogen-bond acceptors (Lipinski definition) is 3. The first-order chi connectivity index (χ1) is 32.8. The van der Waals surface area contributed by atoms with Crippen molar-refractivity contribution in [3.63, 3.8) is 0 Å². The zero-order valence-corrected chi connectivity index (χ0v) is 36.9. The smallest absolute Gasteiger partial charge is 0.0740 e. The van der Waals surface area contributed by atoms with Crippen LogP contribution in [0.1, 0.15) is 22.3 Å². The molecule has 1 unspecified atom stereocenters. The molecule has 1 atom stereocenters. The standard InChI is InChI=1S/C63H42N2S/c1-5-18-43(19-6-1)45-32-36-49(37-33-45)64(47-22-9-3-10-23-47)51-40-41-56-54(42-51)52-26-13-15-28-55(52)63(56)57-29-17-30-58(60(57)62-61(63)53-27-14-16-31-59(53)66-62)65(48-24-11-4-12-25-48)50-38-34-46(35-39-50)44-20-7-2-8-21-44/h1-42H. The van der Waals surface area contributed by atoms with E-state index in [0.29, 0.717) is 0 Å². The summed E-state index contributed by atoms with van der Waals surface area (Å²) in [5.74, 6) is 0. The van der Waals surface area contributed by atoms with Crippen molar-refractivity contribution in [1.82, 2.24) is 0 Å². The molecule has 1 heterocycles. The highest BCUT2D eigenvalue weighted by molar-refractivity contribution is 7.22. The topological polar surface area (TPSA) is 6.48 Å². The van der Waals surface area contributed by atoms with E-state index in [1.54, 1.807) is 0 Å². The zero-order chi connectivity index (χ0) is 43.6. The zero-order valence-electron chi connectivity index (χ0n) is 36.1. The molecule has 310 valence electrons. The number of nitrogens with zero attached hydrogens (tertiary/aromatic N) is 2. The maximum Gasteiger partial charge on any atom is 0.0740 e. The van der Waals surface area contributed by atoms with E-state index in [4.69, 9.17) is 0 Å². The summed E-state index contributed by atoms with van der Waals surface area (Å²) in [6, 6.07) is 93.4. The maximum absolute atomic E-state index is 2.46. The van der Waals surface area contributed by atoms with Crippen molar-refractivity contribution in [2.45, 2.75) is 5.41 Å². The van der Waals surface area contributed by atoms with E-state index in [2.05, 4.69) is 265 Å². The Morgan fingerprint density at radius 3 is 1.44 bits per heavy atom. The summed E-state index contributed by atoms with van der Waals surface area (Å²) < 4.78 is 1.30. The molecule has 2 aliphatic carbocycles. The number of anilines is 6. The maximum atomic E-state index is 2.46. The van der Waals surface area contributed by atoms with Crippen molar-refractivity contribution in [1.29, 1.82) is 0 Å². The fourth-order valence-corrected chi connectivity index (χ4v) is 12.2. The molecule has 0 saturated carbocycles. The summed E-state index contributed by atoms with van der Waals surface area (Å²) in [7, 11) is 0. The molecule has 0 N–H and O–H groups in total. The van der Waals surface area contributed by atoms with Crippen LogP contribution in [0.15, 0.2) is 255 Å². The van der Waals surface area contributed by atoms with E-state index in [1.165, 1.54) is 81.8 Å². The SMILES string of the molecule is c1ccc(-c2ccc(N(c3ccccc3)c3ccc4c(c3)-c3ccccc3C43c4cccc(N(c5ccccc5)c5ccc(-c6ccccc6)cc5)c4-c4sc5ccccc5c43)cc2)cc1. The molecule has 0 bridgehead atoms. The van der Waals surface area contributed by atoms with Gasteiger partial charge >= 0.3 is 0 Å². The lowest BCUT2D eigenvalue weighted by molar-refractivity contribution is 0.802. The number of hydrogen-bond donors (Lipinski definition) is 0. The summed E-state index contributed by atoms with van der Waals surface area (Å²) in [6.45, 7) is 0. The lowest BCUT2D eigenvalue weighted by Crippen LogP contribution is -2.26. The first kappa shape index (κ1) is 38.2. The molecule has 66 heavy (non-hydrogen) atoms. The summed E-state index contributed by atoms with van der Waals surface area (Å²) in [5.41, 5.74) is 20.2. The molecule has 0 radical (unpaired) electrons. The molecule has 11 aromatic rings. The Bertz CT molecular complexity index is 3560. The van der Waals surface area contributed by atoms with Crippen LogP contribution in [-0.4, -0.2) is 0 Å². The molecule has 0 saturated heterocycles. The molecule has 13 rings (SSSR count). The average molecular weight is 859 g/mol. The molecule has 1 spiro atoms. The van der Waals surface area contributed by atoms with Gasteiger partial charge in [-0.05, 0) is 134 Å². The monoisotopic (exact) mass is 858 g/mol. The molecule has 1 aromatic heterocycles. The van der Waals surface area contributed by atoms with Gasteiger partial charge in [-0.3, -0.25) is 0 Å². The second-order valence-electron chi connectivity index (χ2n) is 17.2. The molecular weight excluding hydrogens is 817 g/mol. The highest BCUT2D eigenvalue weighted by atomic mass is 32.1. The summed E-state index contributed by atoms with van der Waals surface area (Å²) in [6.07, 6.45) is 0. The largest absolute Gasteiger partial charge is 0.310 e. The van der Waals surface area contributed by atoms with Gasteiger partial charge in [0.05, 0.1) is 11.1 Å². The Hall–Kier alpha value is -8.24. The molecular formula is C63H42N2S. The number of thiophene rings is 1. The van der Waals surface area contributed by atoms with Crippen molar-refractivity contribution in [3.05, 3.63) is 277 Å². The Morgan fingerprint density at radius 2 is 0.788 bits per heavy atom. The second-order valence-corrected chi connectivity index (χ2v) is 18.2. The lowest BCUT2D eigenvalue weighted by Gasteiger charge is -2.32. The van der Waals surface area contributed by atoms with Crippen LogP contribution in [0, 0.1) is 0 Å². The Morgan fingerprint density at radius 1 is 0.318 bits per heavy atom. The predicted octanol–water partition coefficient (Wildman–Crippen LogP) is 17.5. The molecule has 2 aliphatic rings. The van der Waals surface area contributed by atoms with Crippen molar-refractivity contribution in [2.75, 3.05) is 9.80 Å². The van der Waals surface area contributed by atoms with Gasteiger partial charge in [0.25, 0.3) is 0 Å². The number of rotatable bonds is 8. The highest BCUT2D eigenvalue weighted by Crippen LogP contribution is 2.68. The quantitative estimate of drug-likeness (QED) is 0.150. The van der Waals surface area contributed by atoms with Crippen LogP contribution in [-0.2, 0) is 5.41 Å². The third-order valence-electron chi connectivity index (χ3n) is 13.7. The summed E-state index contributed by atoms with van der Waals surface area (Å²) in [4.78, 5) is 6.20. The first-order valence-electron chi connectivity index (χ1n) is 22.7. The first-order valence-corrected chi connectivity index (χ1v) is 23.5. The van der Waals surface area contributed by atoms with Crippen molar-refractivity contribution in [3.8, 4) is 43.8 Å². The minimum atomic E-state index is -0.542. The van der Waals surface area contributed by atoms with Gasteiger partial charge < -0.3 is 9.80 Å². The number of para-hydroxylation sites is 2. The van der Waals surface area contributed by atoms with Gasteiger partial charge in [0, 0.05) is 43.6 Å². The van der Waals surface area contributed by atoms with Crippen LogP contribution < -0.4 is 9.80 Å². The Kier molecular flexibility index (Phi) is 8.97. The van der Waals surface area contributed by atoms with Crippen LogP contribution >= 0.6 is 11.3 Å². The Balaban J connectivity index is 1.03. The molecule has 0 fully saturated rings.